The number of ether oxygens (including phenoxy) is 1. The Bertz CT molecular complexity index is 670. The maximum absolute atomic E-state index is 10.9. The van der Waals surface area contributed by atoms with Crippen molar-refractivity contribution < 1.29 is 14.6 Å². The predicted octanol–water partition coefficient (Wildman–Crippen LogP) is 2.33. The van der Waals surface area contributed by atoms with Gasteiger partial charge in [-0.2, -0.15) is 0 Å². The average Bonchev–Trinajstić information content (AvgIpc) is 2.46. The molecule has 0 bridgehead atoms. The first kappa shape index (κ1) is 14.9. The zero-order valence-electron chi connectivity index (χ0n) is 11.8. The first-order chi connectivity index (χ1) is 10.1. The fourth-order valence-electron chi connectivity index (χ4n) is 1.82. The number of aromatic carboxylic acids is 1. The molecule has 0 spiro atoms. The summed E-state index contributed by atoms with van der Waals surface area (Å²) in [7, 11) is 0. The molecule has 0 aliphatic heterocycles. The Balaban J connectivity index is 2.06. The van der Waals surface area contributed by atoms with E-state index in [9.17, 15) is 4.79 Å². The van der Waals surface area contributed by atoms with Crippen LogP contribution >= 0.6 is 0 Å². The molecule has 110 valence electrons. The maximum atomic E-state index is 10.9. The SMILES string of the molecule is C=C(C)COCCNc1ncnc2cc(C(=O)O)ccc12. The van der Waals surface area contributed by atoms with Crippen molar-refractivity contribution in [3.8, 4) is 0 Å². The number of benzene rings is 1. The number of hydrogen-bond acceptors (Lipinski definition) is 5. The van der Waals surface area contributed by atoms with E-state index in [4.69, 9.17) is 9.84 Å². The number of aromatic nitrogens is 2. The van der Waals surface area contributed by atoms with Gasteiger partial charge in [0, 0.05) is 11.9 Å². The van der Waals surface area contributed by atoms with Crippen LogP contribution in [0.15, 0.2) is 36.7 Å². The van der Waals surface area contributed by atoms with Crippen molar-refractivity contribution in [2.45, 2.75) is 6.92 Å². The van der Waals surface area contributed by atoms with Crippen molar-refractivity contribution in [3.63, 3.8) is 0 Å². The summed E-state index contributed by atoms with van der Waals surface area (Å²) in [5.41, 5.74) is 1.77. The standard InChI is InChI=1S/C15H17N3O3/c1-10(2)8-21-6-5-16-14-12-4-3-11(15(19)20)7-13(12)17-9-18-14/h3-4,7,9H,1,5-6,8H2,2H3,(H,19,20)(H,16,17,18). The number of anilines is 1. The van der Waals surface area contributed by atoms with Crippen LogP contribution in [0.3, 0.4) is 0 Å². The van der Waals surface area contributed by atoms with E-state index in [0.717, 1.165) is 11.0 Å². The third kappa shape index (κ3) is 4.00. The van der Waals surface area contributed by atoms with Crippen LogP contribution < -0.4 is 5.32 Å². The number of nitrogens with zero attached hydrogens (tertiary/aromatic N) is 2. The molecule has 2 aromatic rings. The van der Waals surface area contributed by atoms with Crippen LogP contribution in [0.1, 0.15) is 17.3 Å². The Morgan fingerprint density at radius 3 is 2.95 bits per heavy atom. The molecule has 6 nitrogen and oxygen atoms in total. The number of fused-ring (bicyclic) bond motifs is 1. The second-order valence-electron chi connectivity index (χ2n) is 4.70. The predicted molar refractivity (Wildman–Crippen MR) is 80.6 cm³/mol. The van der Waals surface area contributed by atoms with Crippen molar-refractivity contribution in [3.05, 3.63) is 42.2 Å². The van der Waals surface area contributed by atoms with Gasteiger partial charge in [0.15, 0.2) is 0 Å². The normalized spacial score (nSPS) is 10.5. The van der Waals surface area contributed by atoms with Crippen LogP contribution in [-0.2, 0) is 4.74 Å². The molecule has 0 aliphatic carbocycles. The highest BCUT2D eigenvalue weighted by Crippen LogP contribution is 2.20. The molecule has 2 rings (SSSR count). The summed E-state index contributed by atoms with van der Waals surface area (Å²) in [5, 5.41) is 12.9. The van der Waals surface area contributed by atoms with Gasteiger partial charge >= 0.3 is 5.97 Å². The maximum Gasteiger partial charge on any atom is 0.335 e. The van der Waals surface area contributed by atoms with Gasteiger partial charge in [-0.25, -0.2) is 14.8 Å². The van der Waals surface area contributed by atoms with Crippen molar-refractivity contribution in [2.24, 2.45) is 0 Å². The number of nitrogens with one attached hydrogen (secondary N) is 1. The van der Waals surface area contributed by atoms with Crippen molar-refractivity contribution >= 4 is 22.7 Å². The van der Waals surface area contributed by atoms with Crippen LogP contribution in [-0.4, -0.2) is 40.8 Å². The first-order valence-electron chi connectivity index (χ1n) is 6.52. The molecule has 0 radical (unpaired) electrons. The lowest BCUT2D eigenvalue weighted by molar-refractivity contribution is 0.0697. The Morgan fingerprint density at radius 1 is 1.43 bits per heavy atom. The molecule has 0 atom stereocenters. The molecule has 1 heterocycles. The fourth-order valence-corrected chi connectivity index (χ4v) is 1.82. The van der Waals surface area contributed by atoms with E-state index in [1.807, 2.05) is 6.92 Å². The fraction of sp³-hybridized carbons (Fsp3) is 0.267. The van der Waals surface area contributed by atoms with E-state index in [1.165, 1.54) is 18.5 Å². The van der Waals surface area contributed by atoms with Gasteiger partial charge in [-0.05, 0) is 25.1 Å². The highest BCUT2D eigenvalue weighted by atomic mass is 16.5. The Labute approximate surface area is 122 Å². The third-order valence-corrected chi connectivity index (χ3v) is 2.77. The minimum Gasteiger partial charge on any atom is -0.478 e. The number of carbonyl (C=O) groups is 1. The summed E-state index contributed by atoms with van der Waals surface area (Å²) in [4.78, 5) is 19.2. The van der Waals surface area contributed by atoms with E-state index in [-0.39, 0.29) is 5.56 Å². The summed E-state index contributed by atoms with van der Waals surface area (Å²) in [6, 6.07) is 4.77. The van der Waals surface area contributed by atoms with Gasteiger partial charge in [0.25, 0.3) is 0 Å². The van der Waals surface area contributed by atoms with Gasteiger partial charge < -0.3 is 15.2 Å². The number of hydrogen-bond donors (Lipinski definition) is 2. The molecule has 0 saturated carbocycles. The van der Waals surface area contributed by atoms with Gasteiger partial charge in [-0.3, -0.25) is 0 Å². The summed E-state index contributed by atoms with van der Waals surface area (Å²) < 4.78 is 5.40. The molecule has 0 aliphatic rings. The second-order valence-corrected chi connectivity index (χ2v) is 4.70. The first-order valence-corrected chi connectivity index (χ1v) is 6.52. The van der Waals surface area contributed by atoms with E-state index >= 15 is 0 Å². The molecule has 1 aromatic carbocycles. The van der Waals surface area contributed by atoms with E-state index in [0.29, 0.717) is 31.1 Å². The topological polar surface area (TPSA) is 84.3 Å². The Hall–Kier alpha value is -2.47. The van der Waals surface area contributed by atoms with Crippen molar-refractivity contribution in [2.75, 3.05) is 25.1 Å². The smallest absolute Gasteiger partial charge is 0.335 e. The summed E-state index contributed by atoms with van der Waals surface area (Å²) >= 11 is 0. The molecular formula is C15H17N3O3. The lowest BCUT2D eigenvalue weighted by Gasteiger charge is -2.09. The van der Waals surface area contributed by atoms with Crippen LogP contribution in [0.2, 0.25) is 0 Å². The van der Waals surface area contributed by atoms with Gasteiger partial charge in [0.2, 0.25) is 0 Å². The molecular weight excluding hydrogens is 270 g/mol. The second kappa shape index (κ2) is 6.81. The average molecular weight is 287 g/mol. The van der Waals surface area contributed by atoms with E-state index in [1.54, 1.807) is 6.07 Å². The van der Waals surface area contributed by atoms with Crippen LogP contribution in [0, 0.1) is 0 Å². The number of carboxylic acids is 1. The summed E-state index contributed by atoms with van der Waals surface area (Å²) in [5.74, 6) is -0.311. The molecule has 1 aromatic heterocycles. The molecule has 0 unspecified atom stereocenters. The van der Waals surface area contributed by atoms with E-state index < -0.39 is 5.97 Å². The zero-order chi connectivity index (χ0) is 15.2. The quantitative estimate of drug-likeness (QED) is 0.600. The highest BCUT2D eigenvalue weighted by molar-refractivity contribution is 5.96. The van der Waals surface area contributed by atoms with Crippen LogP contribution in [0.25, 0.3) is 10.9 Å². The lowest BCUT2D eigenvalue weighted by Crippen LogP contribution is -2.11. The van der Waals surface area contributed by atoms with Gasteiger partial charge in [0.05, 0.1) is 24.3 Å². The molecule has 21 heavy (non-hydrogen) atoms. The lowest BCUT2D eigenvalue weighted by atomic mass is 10.1. The van der Waals surface area contributed by atoms with Gasteiger partial charge in [-0.1, -0.05) is 12.2 Å². The Kier molecular flexibility index (Phi) is 4.84. The summed E-state index contributed by atoms with van der Waals surface area (Å²) in [6.45, 7) is 7.33. The van der Waals surface area contributed by atoms with Crippen LogP contribution in [0.4, 0.5) is 5.82 Å². The molecule has 0 amide bonds. The molecule has 0 saturated heterocycles. The van der Waals surface area contributed by atoms with Gasteiger partial charge in [0.1, 0.15) is 12.1 Å². The molecule has 0 fully saturated rings. The third-order valence-electron chi connectivity index (χ3n) is 2.77. The minimum atomic E-state index is -0.974. The Morgan fingerprint density at radius 2 is 2.24 bits per heavy atom. The largest absolute Gasteiger partial charge is 0.478 e. The monoisotopic (exact) mass is 287 g/mol. The van der Waals surface area contributed by atoms with Gasteiger partial charge in [-0.15, -0.1) is 0 Å². The zero-order valence-corrected chi connectivity index (χ0v) is 11.8. The van der Waals surface area contributed by atoms with Crippen molar-refractivity contribution in [1.29, 1.82) is 0 Å². The number of rotatable bonds is 7. The van der Waals surface area contributed by atoms with Crippen LogP contribution in [0.5, 0.6) is 0 Å². The minimum absolute atomic E-state index is 0.206. The highest BCUT2D eigenvalue weighted by Gasteiger charge is 2.07. The van der Waals surface area contributed by atoms with Crippen molar-refractivity contribution in [1.82, 2.24) is 9.97 Å². The summed E-state index contributed by atoms with van der Waals surface area (Å²) in [6.07, 6.45) is 1.41. The molecule has 6 heteroatoms. The molecule has 2 N–H and O–H groups in total. The number of carboxylic acid groups (broad SMARTS) is 1. The van der Waals surface area contributed by atoms with E-state index in [2.05, 4.69) is 21.9 Å².